The Labute approximate surface area is 143 Å². The average Bonchev–Trinajstić information content (AvgIpc) is 2.92. The highest BCUT2D eigenvalue weighted by Gasteiger charge is 2.24. The minimum atomic E-state index is -3.34. The van der Waals surface area contributed by atoms with Gasteiger partial charge in [0.05, 0.1) is 12.3 Å². The predicted molar refractivity (Wildman–Crippen MR) is 94.8 cm³/mol. The summed E-state index contributed by atoms with van der Waals surface area (Å²) >= 11 is 6.94. The van der Waals surface area contributed by atoms with Crippen molar-refractivity contribution in [1.29, 1.82) is 0 Å². The SMILES string of the molecule is C=CP(=O)(Nc1cc(-c2ccc(Cl)cc2)sc1C(=O)O)OCC. The Morgan fingerprint density at radius 2 is 2.13 bits per heavy atom. The lowest BCUT2D eigenvalue weighted by molar-refractivity contribution is 0.0703. The van der Waals surface area contributed by atoms with Crippen LogP contribution >= 0.6 is 30.5 Å². The summed E-state index contributed by atoms with van der Waals surface area (Å²) in [6, 6.07) is 8.66. The van der Waals surface area contributed by atoms with E-state index in [1.54, 1.807) is 37.3 Å². The first-order chi connectivity index (χ1) is 10.9. The summed E-state index contributed by atoms with van der Waals surface area (Å²) in [6.07, 6.45) is 0. The number of anilines is 1. The Kier molecular flexibility index (Phi) is 5.65. The van der Waals surface area contributed by atoms with Gasteiger partial charge in [-0.1, -0.05) is 30.3 Å². The van der Waals surface area contributed by atoms with Gasteiger partial charge in [0.1, 0.15) is 4.88 Å². The summed E-state index contributed by atoms with van der Waals surface area (Å²) in [5, 5.41) is 12.6. The van der Waals surface area contributed by atoms with E-state index in [9.17, 15) is 14.5 Å². The van der Waals surface area contributed by atoms with Crippen molar-refractivity contribution in [1.82, 2.24) is 0 Å². The Hall–Kier alpha value is -1.59. The molecule has 0 aliphatic heterocycles. The highest BCUT2D eigenvalue weighted by molar-refractivity contribution is 7.63. The molecule has 0 spiro atoms. The third kappa shape index (κ3) is 4.24. The molecule has 1 heterocycles. The molecule has 0 bridgehead atoms. The molecule has 1 unspecified atom stereocenters. The summed E-state index contributed by atoms with van der Waals surface area (Å²) in [5.74, 6) is 0.0618. The monoisotopic (exact) mass is 371 g/mol. The fourth-order valence-corrected chi connectivity index (χ4v) is 4.20. The number of halogens is 1. The summed E-state index contributed by atoms with van der Waals surface area (Å²) in [7, 11) is -3.34. The van der Waals surface area contributed by atoms with E-state index in [0.29, 0.717) is 9.90 Å². The summed E-state index contributed by atoms with van der Waals surface area (Å²) in [4.78, 5) is 12.2. The number of carboxylic acid groups (broad SMARTS) is 1. The van der Waals surface area contributed by atoms with Gasteiger partial charge >= 0.3 is 13.5 Å². The number of rotatable bonds is 7. The molecule has 0 saturated heterocycles. The smallest absolute Gasteiger partial charge is 0.348 e. The Balaban J connectivity index is 2.43. The number of nitrogens with one attached hydrogen (secondary N) is 1. The molecule has 0 aliphatic rings. The maximum absolute atomic E-state index is 12.5. The van der Waals surface area contributed by atoms with Gasteiger partial charge in [-0.05, 0) is 30.7 Å². The van der Waals surface area contributed by atoms with Crippen LogP contribution < -0.4 is 5.09 Å². The zero-order valence-electron chi connectivity index (χ0n) is 12.3. The zero-order valence-corrected chi connectivity index (χ0v) is 14.8. The highest BCUT2D eigenvalue weighted by atomic mass is 35.5. The summed E-state index contributed by atoms with van der Waals surface area (Å²) in [5.41, 5.74) is 1.06. The standard InChI is InChI=1S/C15H15ClNO4PS/c1-3-21-22(20,4-2)17-12-9-13(23-14(12)15(18)19)10-5-7-11(16)8-6-10/h4-9H,2-3H2,1H3,(H,17,20)(H,18,19). The predicted octanol–water partition coefficient (Wildman–Crippen LogP) is 5.55. The first kappa shape index (κ1) is 17.8. The van der Waals surface area contributed by atoms with Crippen LogP contribution in [0.4, 0.5) is 5.69 Å². The van der Waals surface area contributed by atoms with E-state index < -0.39 is 13.5 Å². The van der Waals surface area contributed by atoms with Crippen molar-refractivity contribution < 1.29 is 19.0 Å². The van der Waals surface area contributed by atoms with Crippen LogP contribution in [-0.2, 0) is 9.09 Å². The van der Waals surface area contributed by atoms with E-state index in [4.69, 9.17) is 16.1 Å². The van der Waals surface area contributed by atoms with Gasteiger partial charge in [0, 0.05) is 15.7 Å². The van der Waals surface area contributed by atoms with Gasteiger partial charge in [-0.15, -0.1) is 11.3 Å². The van der Waals surface area contributed by atoms with Gasteiger partial charge in [0.2, 0.25) is 0 Å². The number of thiophene rings is 1. The van der Waals surface area contributed by atoms with Gasteiger partial charge in [-0.25, -0.2) is 4.79 Å². The summed E-state index contributed by atoms with van der Waals surface area (Å²) in [6.45, 7) is 5.40. The first-order valence-corrected chi connectivity index (χ1v) is 9.56. The molecule has 0 saturated carbocycles. The van der Waals surface area contributed by atoms with E-state index in [0.717, 1.165) is 16.9 Å². The third-order valence-corrected chi connectivity index (χ3v) is 5.99. The van der Waals surface area contributed by atoms with E-state index in [1.165, 1.54) is 5.82 Å². The Morgan fingerprint density at radius 1 is 1.48 bits per heavy atom. The number of benzene rings is 1. The van der Waals surface area contributed by atoms with Crippen molar-refractivity contribution >= 4 is 42.1 Å². The molecule has 1 aromatic heterocycles. The van der Waals surface area contributed by atoms with Crippen LogP contribution in [0.25, 0.3) is 10.4 Å². The Morgan fingerprint density at radius 3 is 2.65 bits per heavy atom. The molecule has 0 aliphatic carbocycles. The van der Waals surface area contributed by atoms with Crippen molar-refractivity contribution in [2.75, 3.05) is 11.7 Å². The molecule has 2 aromatic rings. The van der Waals surface area contributed by atoms with Crippen molar-refractivity contribution in [3.63, 3.8) is 0 Å². The number of hydrogen-bond acceptors (Lipinski definition) is 4. The Bertz CT molecular complexity index is 772. The summed E-state index contributed by atoms with van der Waals surface area (Å²) < 4.78 is 17.6. The second-order valence-corrected chi connectivity index (χ2v) is 8.00. The van der Waals surface area contributed by atoms with E-state index >= 15 is 0 Å². The second kappa shape index (κ2) is 7.32. The van der Waals surface area contributed by atoms with Crippen molar-refractivity contribution in [2.45, 2.75) is 6.92 Å². The van der Waals surface area contributed by atoms with Crippen LogP contribution in [0.15, 0.2) is 42.7 Å². The largest absolute Gasteiger partial charge is 0.477 e. The van der Waals surface area contributed by atoms with Gasteiger partial charge < -0.3 is 14.7 Å². The van der Waals surface area contributed by atoms with E-state index in [1.807, 2.05) is 0 Å². The van der Waals surface area contributed by atoms with Crippen LogP contribution in [0.3, 0.4) is 0 Å². The lowest BCUT2D eigenvalue weighted by Gasteiger charge is -2.15. The van der Waals surface area contributed by atoms with Gasteiger partial charge in [-0.3, -0.25) is 4.57 Å². The molecule has 1 aromatic carbocycles. The van der Waals surface area contributed by atoms with Crippen LogP contribution in [-0.4, -0.2) is 17.7 Å². The van der Waals surface area contributed by atoms with E-state index in [2.05, 4.69) is 11.7 Å². The molecule has 0 radical (unpaired) electrons. The fourth-order valence-electron chi connectivity index (χ4n) is 1.88. The van der Waals surface area contributed by atoms with Gasteiger partial charge in [-0.2, -0.15) is 0 Å². The number of carbonyl (C=O) groups is 1. The normalized spacial score (nSPS) is 13.3. The van der Waals surface area contributed by atoms with Crippen molar-refractivity contribution in [2.24, 2.45) is 0 Å². The lowest BCUT2D eigenvalue weighted by Crippen LogP contribution is -2.02. The molecule has 122 valence electrons. The maximum Gasteiger partial charge on any atom is 0.348 e. The minimum absolute atomic E-state index is 0.0525. The number of hydrogen-bond donors (Lipinski definition) is 2. The first-order valence-electron chi connectivity index (χ1n) is 6.67. The average molecular weight is 372 g/mol. The lowest BCUT2D eigenvalue weighted by atomic mass is 10.2. The molecule has 0 amide bonds. The quantitative estimate of drug-likeness (QED) is 0.624. The van der Waals surface area contributed by atoms with Crippen LogP contribution in [0, 0.1) is 0 Å². The number of carboxylic acids is 1. The third-order valence-electron chi connectivity index (χ3n) is 2.89. The minimum Gasteiger partial charge on any atom is -0.477 e. The topological polar surface area (TPSA) is 75.6 Å². The molecule has 0 fully saturated rings. The zero-order chi connectivity index (χ0) is 17.0. The molecule has 8 heteroatoms. The molecule has 1 atom stereocenters. The molecular formula is C15H15ClNO4PS. The van der Waals surface area contributed by atoms with Gasteiger partial charge in [0.15, 0.2) is 0 Å². The van der Waals surface area contributed by atoms with Crippen LogP contribution in [0.1, 0.15) is 16.6 Å². The molecule has 23 heavy (non-hydrogen) atoms. The van der Waals surface area contributed by atoms with Crippen molar-refractivity contribution in [3.8, 4) is 10.4 Å². The highest BCUT2D eigenvalue weighted by Crippen LogP contribution is 2.50. The number of aromatic carboxylic acids is 1. The van der Waals surface area contributed by atoms with Gasteiger partial charge in [0.25, 0.3) is 0 Å². The molecule has 5 nitrogen and oxygen atoms in total. The fraction of sp³-hybridized carbons (Fsp3) is 0.133. The van der Waals surface area contributed by atoms with Crippen LogP contribution in [0.5, 0.6) is 0 Å². The molecule has 2 N–H and O–H groups in total. The van der Waals surface area contributed by atoms with E-state index in [-0.39, 0.29) is 17.2 Å². The maximum atomic E-state index is 12.5. The molecule has 2 rings (SSSR count). The molecular weight excluding hydrogens is 357 g/mol. The van der Waals surface area contributed by atoms with Crippen LogP contribution in [0.2, 0.25) is 5.02 Å². The second-order valence-electron chi connectivity index (χ2n) is 4.47. The van der Waals surface area contributed by atoms with Crippen molar-refractivity contribution in [3.05, 3.63) is 52.6 Å².